The van der Waals surface area contributed by atoms with Gasteiger partial charge >= 0.3 is 6.03 Å². The van der Waals surface area contributed by atoms with Crippen molar-refractivity contribution in [1.82, 2.24) is 10.2 Å². The van der Waals surface area contributed by atoms with Crippen LogP contribution >= 0.6 is 0 Å². The van der Waals surface area contributed by atoms with Crippen LogP contribution in [0.4, 0.5) is 4.79 Å². The zero-order valence-electron chi connectivity index (χ0n) is 10.3. The minimum absolute atomic E-state index is 0.0688. The van der Waals surface area contributed by atoms with Gasteiger partial charge in [0.15, 0.2) is 11.5 Å². The fraction of sp³-hybridized carbons (Fsp3) is 0.385. The van der Waals surface area contributed by atoms with Crippen molar-refractivity contribution in [3.8, 4) is 17.6 Å². The Morgan fingerprint density at radius 2 is 2.26 bits per heavy atom. The number of nitrogens with one attached hydrogen (secondary N) is 1. The summed E-state index contributed by atoms with van der Waals surface area (Å²) < 4.78 is 10.6. The number of carbonyl (C=O) groups excluding carboxylic acids is 1. The smallest absolute Gasteiger partial charge is 0.318 e. The van der Waals surface area contributed by atoms with E-state index in [2.05, 4.69) is 5.32 Å². The zero-order chi connectivity index (χ0) is 13.2. The summed E-state index contributed by atoms with van der Waals surface area (Å²) in [4.78, 5) is 13.4. The molecule has 6 heteroatoms. The van der Waals surface area contributed by atoms with Crippen LogP contribution in [0.1, 0.15) is 18.0 Å². The Balaban J connectivity index is 1.74. The van der Waals surface area contributed by atoms with E-state index in [1.165, 1.54) is 0 Å². The lowest BCUT2D eigenvalue weighted by Crippen LogP contribution is -2.28. The summed E-state index contributed by atoms with van der Waals surface area (Å²) in [5.74, 6) is 1.44. The first kappa shape index (κ1) is 11.7. The van der Waals surface area contributed by atoms with Crippen molar-refractivity contribution in [2.75, 3.05) is 19.9 Å². The average Bonchev–Trinajstić information content (AvgIpc) is 3.02. The number of fused-ring (bicyclic) bond motifs is 1. The van der Waals surface area contributed by atoms with Gasteiger partial charge in [0, 0.05) is 13.1 Å². The second kappa shape index (κ2) is 4.69. The summed E-state index contributed by atoms with van der Waals surface area (Å²) in [5, 5.41) is 11.5. The van der Waals surface area contributed by atoms with Crippen LogP contribution in [-0.4, -0.2) is 30.8 Å². The molecule has 98 valence electrons. The highest BCUT2D eigenvalue weighted by Crippen LogP contribution is 2.35. The molecule has 2 amide bonds. The number of urea groups is 1. The fourth-order valence-corrected chi connectivity index (χ4v) is 2.29. The molecule has 3 rings (SSSR count). The summed E-state index contributed by atoms with van der Waals surface area (Å²) in [6.07, 6.45) is 0.348. The molecule has 6 nitrogen and oxygen atoms in total. The summed E-state index contributed by atoms with van der Waals surface area (Å²) in [6.45, 7) is 1.27. The topological polar surface area (TPSA) is 74.6 Å². The van der Waals surface area contributed by atoms with Gasteiger partial charge in [-0.2, -0.15) is 5.26 Å². The van der Waals surface area contributed by atoms with Crippen molar-refractivity contribution in [3.63, 3.8) is 0 Å². The molecule has 1 N–H and O–H groups in total. The van der Waals surface area contributed by atoms with E-state index in [4.69, 9.17) is 14.7 Å². The average molecular weight is 259 g/mol. The first-order chi connectivity index (χ1) is 9.28. The third kappa shape index (κ3) is 2.15. The molecule has 2 aliphatic rings. The maximum absolute atomic E-state index is 11.7. The monoisotopic (exact) mass is 259 g/mol. The van der Waals surface area contributed by atoms with Crippen molar-refractivity contribution >= 4 is 6.03 Å². The SMILES string of the molecule is N#CCCN1CC(c2ccc3c(c2)OCO3)NC1=O. The molecular weight excluding hydrogens is 246 g/mol. The van der Waals surface area contributed by atoms with Gasteiger partial charge < -0.3 is 19.7 Å². The molecular formula is C13H13N3O3. The number of ether oxygens (including phenoxy) is 2. The Morgan fingerprint density at radius 1 is 1.42 bits per heavy atom. The van der Waals surface area contributed by atoms with Gasteiger partial charge in [0.05, 0.1) is 18.5 Å². The Labute approximate surface area is 110 Å². The normalized spacial score (nSPS) is 20.3. The predicted octanol–water partition coefficient (Wildman–Crippen LogP) is 1.40. The maximum Gasteiger partial charge on any atom is 0.318 e. The molecule has 1 fully saturated rings. The Morgan fingerprint density at radius 3 is 3.11 bits per heavy atom. The van der Waals surface area contributed by atoms with Crippen molar-refractivity contribution in [2.24, 2.45) is 0 Å². The molecule has 0 aromatic heterocycles. The van der Waals surface area contributed by atoms with Crippen molar-refractivity contribution < 1.29 is 14.3 Å². The number of nitrogens with zero attached hydrogens (tertiary/aromatic N) is 2. The second-order valence-electron chi connectivity index (χ2n) is 4.47. The van der Waals surface area contributed by atoms with Gasteiger partial charge in [-0.1, -0.05) is 6.07 Å². The summed E-state index contributed by atoms with van der Waals surface area (Å²) in [6, 6.07) is 7.51. The minimum Gasteiger partial charge on any atom is -0.454 e. The molecule has 0 bridgehead atoms. The molecule has 0 saturated carbocycles. The third-order valence-corrected chi connectivity index (χ3v) is 3.28. The van der Waals surface area contributed by atoms with Crippen LogP contribution in [0.5, 0.6) is 11.5 Å². The molecule has 0 radical (unpaired) electrons. The lowest BCUT2D eigenvalue weighted by Gasteiger charge is -2.12. The van der Waals surface area contributed by atoms with Crippen LogP contribution < -0.4 is 14.8 Å². The van der Waals surface area contributed by atoms with E-state index >= 15 is 0 Å². The number of benzene rings is 1. The summed E-state index contributed by atoms with van der Waals surface area (Å²) in [7, 11) is 0. The molecule has 1 atom stereocenters. The quantitative estimate of drug-likeness (QED) is 0.890. The first-order valence-corrected chi connectivity index (χ1v) is 6.10. The van der Waals surface area contributed by atoms with E-state index in [1.807, 2.05) is 24.3 Å². The largest absolute Gasteiger partial charge is 0.454 e. The van der Waals surface area contributed by atoms with Crippen LogP contribution in [0, 0.1) is 11.3 Å². The lowest BCUT2D eigenvalue weighted by atomic mass is 10.1. The van der Waals surface area contributed by atoms with Crippen LogP contribution in [0.25, 0.3) is 0 Å². The number of rotatable bonds is 3. The number of amides is 2. The third-order valence-electron chi connectivity index (χ3n) is 3.28. The van der Waals surface area contributed by atoms with Gasteiger partial charge in [0.1, 0.15) is 0 Å². The first-order valence-electron chi connectivity index (χ1n) is 6.10. The van der Waals surface area contributed by atoms with E-state index < -0.39 is 0 Å². The minimum atomic E-state index is -0.127. The highest BCUT2D eigenvalue weighted by Gasteiger charge is 2.30. The number of hydrogen-bond acceptors (Lipinski definition) is 4. The number of hydrogen-bond donors (Lipinski definition) is 1. The van der Waals surface area contributed by atoms with Crippen molar-refractivity contribution in [3.05, 3.63) is 23.8 Å². The van der Waals surface area contributed by atoms with Gasteiger partial charge in [-0.3, -0.25) is 0 Å². The van der Waals surface area contributed by atoms with Gasteiger partial charge in [-0.05, 0) is 17.7 Å². The highest BCUT2D eigenvalue weighted by atomic mass is 16.7. The molecule has 19 heavy (non-hydrogen) atoms. The van der Waals surface area contributed by atoms with Crippen LogP contribution in [0.3, 0.4) is 0 Å². The van der Waals surface area contributed by atoms with Crippen LogP contribution in [-0.2, 0) is 0 Å². The molecule has 0 spiro atoms. The van der Waals surface area contributed by atoms with Crippen molar-refractivity contribution in [1.29, 1.82) is 5.26 Å². The van der Waals surface area contributed by atoms with E-state index in [9.17, 15) is 4.79 Å². The Bertz CT molecular complexity index is 553. The lowest BCUT2D eigenvalue weighted by molar-refractivity contribution is 0.174. The van der Waals surface area contributed by atoms with Gasteiger partial charge in [0.2, 0.25) is 6.79 Å². The van der Waals surface area contributed by atoms with E-state index in [0.29, 0.717) is 25.3 Å². The number of nitriles is 1. The highest BCUT2D eigenvalue weighted by molar-refractivity contribution is 5.77. The summed E-state index contributed by atoms with van der Waals surface area (Å²) >= 11 is 0. The van der Waals surface area contributed by atoms with Gasteiger partial charge in [-0.15, -0.1) is 0 Å². The standard InChI is InChI=1S/C13H13N3O3/c14-4-1-5-16-7-10(15-13(16)17)9-2-3-11-12(6-9)19-8-18-11/h2-3,6,10H,1,5,7-8H2,(H,15,17). The molecule has 1 aromatic carbocycles. The molecule has 1 aromatic rings. The maximum atomic E-state index is 11.7. The molecule has 1 saturated heterocycles. The fourth-order valence-electron chi connectivity index (χ4n) is 2.29. The zero-order valence-corrected chi connectivity index (χ0v) is 10.3. The van der Waals surface area contributed by atoms with Crippen LogP contribution in [0.15, 0.2) is 18.2 Å². The molecule has 1 unspecified atom stereocenters. The number of carbonyl (C=O) groups is 1. The Kier molecular flexibility index (Phi) is 2.88. The Hall–Kier alpha value is -2.42. The molecule has 2 heterocycles. The van der Waals surface area contributed by atoms with E-state index in [-0.39, 0.29) is 18.9 Å². The second-order valence-corrected chi connectivity index (χ2v) is 4.47. The van der Waals surface area contributed by atoms with E-state index in [1.54, 1.807) is 4.90 Å². The summed E-state index contributed by atoms with van der Waals surface area (Å²) in [5.41, 5.74) is 0.983. The van der Waals surface area contributed by atoms with Gasteiger partial charge in [0.25, 0.3) is 0 Å². The van der Waals surface area contributed by atoms with E-state index in [0.717, 1.165) is 11.3 Å². The molecule has 0 aliphatic carbocycles. The van der Waals surface area contributed by atoms with Gasteiger partial charge in [-0.25, -0.2) is 4.79 Å². The predicted molar refractivity (Wildman–Crippen MR) is 65.6 cm³/mol. The van der Waals surface area contributed by atoms with Crippen LogP contribution in [0.2, 0.25) is 0 Å². The van der Waals surface area contributed by atoms with Crippen molar-refractivity contribution in [2.45, 2.75) is 12.5 Å². The molecule has 2 aliphatic heterocycles.